The third-order valence-corrected chi connectivity index (χ3v) is 3.95. The molecule has 1 aliphatic rings. The first-order valence-corrected chi connectivity index (χ1v) is 8.14. The fourth-order valence-electron chi connectivity index (χ4n) is 2.40. The summed E-state index contributed by atoms with van der Waals surface area (Å²) in [5.74, 6) is -0.177. The Labute approximate surface area is 132 Å². The lowest BCUT2D eigenvalue weighted by Gasteiger charge is -2.16. The van der Waals surface area contributed by atoms with Gasteiger partial charge in [-0.25, -0.2) is 9.55 Å². The number of nitrogens with zero attached hydrogens (tertiary/aromatic N) is 3. The number of aromatic nitrogens is 4. The maximum Gasteiger partial charge on any atom is 0.469 e. The number of fused-ring (bicyclic) bond motifs is 1. The van der Waals surface area contributed by atoms with Crippen molar-refractivity contribution in [2.45, 2.75) is 24.5 Å². The van der Waals surface area contributed by atoms with Gasteiger partial charge in [-0.2, -0.15) is 4.98 Å². The molecule has 0 spiro atoms. The molecule has 1 aliphatic heterocycles. The molecule has 0 aliphatic carbocycles. The van der Waals surface area contributed by atoms with Crippen LogP contribution < -0.4 is 11.3 Å². The number of phosphoric acid groups is 1. The van der Waals surface area contributed by atoms with Gasteiger partial charge in [0.1, 0.15) is 18.3 Å². The van der Waals surface area contributed by atoms with Crippen LogP contribution in [0.1, 0.15) is 6.23 Å². The van der Waals surface area contributed by atoms with Gasteiger partial charge in [0.05, 0.1) is 12.9 Å². The Morgan fingerprint density at radius 2 is 2.12 bits per heavy atom. The Kier molecular flexibility index (Phi) is 4.17. The minimum Gasteiger partial charge on any atom is -0.387 e. The number of aromatic amines is 1. The molecule has 0 radical (unpaired) electrons. The van der Waals surface area contributed by atoms with Crippen molar-refractivity contribution in [2.24, 2.45) is 0 Å². The number of imidazole rings is 1. The lowest BCUT2D eigenvalue weighted by Crippen LogP contribution is -2.33. The second-order valence-corrected chi connectivity index (χ2v) is 6.35. The fraction of sp³-hybridized carbons (Fsp3) is 0.500. The summed E-state index contributed by atoms with van der Waals surface area (Å²) in [5.41, 5.74) is 4.84. The maximum atomic E-state index is 11.7. The van der Waals surface area contributed by atoms with E-state index in [-0.39, 0.29) is 17.1 Å². The van der Waals surface area contributed by atoms with Gasteiger partial charge in [0, 0.05) is 0 Å². The molecule has 14 heteroatoms. The molecule has 7 N–H and O–H groups in total. The minimum atomic E-state index is -4.76. The summed E-state index contributed by atoms with van der Waals surface area (Å²) in [6, 6.07) is 0. The molecule has 1 saturated heterocycles. The van der Waals surface area contributed by atoms with Gasteiger partial charge in [-0.3, -0.25) is 18.9 Å². The molecule has 4 atom stereocenters. The molecule has 24 heavy (non-hydrogen) atoms. The van der Waals surface area contributed by atoms with Crippen LogP contribution in [0.3, 0.4) is 0 Å². The molecule has 3 rings (SSSR count). The van der Waals surface area contributed by atoms with Crippen LogP contribution in [0.2, 0.25) is 0 Å². The largest absolute Gasteiger partial charge is 0.469 e. The van der Waals surface area contributed by atoms with E-state index in [1.165, 1.54) is 10.9 Å². The van der Waals surface area contributed by atoms with E-state index in [4.69, 9.17) is 20.3 Å². The summed E-state index contributed by atoms with van der Waals surface area (Å²) in [6.45, 7) is -0.651. The smallest absolute Gasteiger partial charge is 0.387 e. The number of aliphatic hydroxyl groups is 2. The van der Waals surface area contributed by atoms with Crippen molar-refractivity contribution >= 4 is 24.9 Å². The topological polar surface area (TPSA) is 206 Å². The van der Waals surface area contributed by atoms with E-state index in [2.05, 4.69) is 19.5 Å². The number of H-pyrrole nitrogens is 1. The van der Waals surface area contributed by atoms with Crippen LogP contribution in [0, 0.1) is 0 Å². The Bertz CT molecular complexity index is 861. The quantitative estimate of drug-likeness (QED) is 0.311. The third-order valence-electron chi connectivity index (χ3n) is 3.47. The van der Waals surface area contributed by atoms with Gasteiger partial charge in [-0.1, -0.05) is 0 Å². The van der Waals surface area contributed by atoms with Crippen molar-refractivity contribution in [2.75, 3.05) is 12.3 Å². The van der Waals surface area contributed by atoms with Crippen molar-refractivity contribution in [1.29, 1.82) is 0 Å². The molecular formula is C10H14N5O8P. The van der Waals surface area contributed by atoms with Gasteiger partial charge in [0.15, 0.2) is 17.4 Å². The summed E-state index contributed by atoms with van der Waals surface area (Å²) >= 11 is 0. The molecule has 0 bridgehead atoms. The van der Waals surface area contributed by atoms with Crippen LogP contribution in [0.25, 0.3) is 11.2 Å². The van der Waals surface area contributed by atoms with Crippen LogP contribution >= 0.6 is 7.82 Å². The van der Waals surface area contributed by atoms with Gasteiger partial charge in [0.2, 0.25) is 5.95 Å². The zero-order valence-electron chi connectivity index (χ0n) is 11.9. The third kappa shape index (κ3) is 3.06. The SMILES string of the molecule is Nc1nc2c(ncn2[C@@H]2O[C@@H](COP(=O)(O)O)[C@@H](O)[C@@H]2O)c(=O)[nH]1. The highest BCUT2D eigenvalue weighted by atomic mass is 31.2. The first-order chi connectivity index (χ1) is 11.2. The van der Waals surface area contributed by atoms with E-state index < -0.39 is 44.5 Å². The number of aliphatic hydroxyl groups excluding tert-OH is 2. The number of nitrogens with two attached hydrogens (primary N) is 1. The zero-order chi connectivity index (χ0) is 17.6. The fourth-order valence-corrected chi connectivity index (χ4v) is 2.74. The van der Waals surface area contributed by atoms with Crippen LogP contribution in [-0.4, -0.2) is 64.4 Å². The van der Waals surface area contributed by atoms with E-state index >= 15 is 0 Å². The summed E-state index contributed by atoms with van der Waals surface area (Å²) in [5, 5.41) is 20.1. The predicted molar refractivity (Wildman–Crippen MR) is 76.5 cm³/mol. The zero-order valence-corrected chi connectivity index (χ0v) is 12.8. The maximum absolute atomic E-state index is 11.7. The number of nitrogens with one attached hydrogen (secondary N) is 1. The Morgan fingerprint density at radius 1 is 1.42 bits per heavy atom. The number of anilines is 1. The Morgan fingerprint density at radius 3 is 2.79 bits per heavy atom. The van der Waals surface area contributed by atoms with Crippen LogP contribution in [-0.2, 0) is 13.8 Å². The second kappa shape index (κ2) is 5.89. The highest BCUT2D eigenvalue weighted by molar-refractivity contribution is 7.46. The van der Waals surface area contributed by atoms with Crippen molar-refractivity contribution < 1.29 is 33.8 Å². The molecule has 3 heterocycles. The van der Waals surface area contributed by atoms with E-state index in [9.17, 15) is 19.6 Å². The van der Waals surface area contributed by atoms with Crippen molar-refractivity contribution in [1.82, 2.24) is 19.5 Å². The Balaban J connectivity index is 1.90. The lowest BCUT2D eigenvalue weighted by molar-refractivity contribution is -0.0503. The second-order valence-electron chi connectivity index (χ2n) is 5.11. The number of ether oxygens (including phenoxy) is 1. The van der Waals surface area contributed by atoms with Crippen LogP contribution in [0.5, 0.6) is 0 Å². The highest BCUT2D eigenvalue weighted by Crippen LogP contribution is 2.38. The van der Waals surface area contributed by atoms with E-state index in [0.29, 0.717) is 0 Å². The molecule has 0 unspecified atom stereocenters. The average molecular weight is 363 g/mol. The van der Waals surface area contributed by atoms with Gasteiger partial charge >= 0.3 is 7.82 Å². The van der Waals surface area contributed by atoms with E-state index in [0.717, 1.165) is 0 Å². The predicted octanol–water partition coefficient (Wildman–Crippen LogP) is -2.57. The average Bonchev–Trinajstić information content (AvgIpc) is 3.00. The monoisotopic (exact) mass is 363 g/mol. The highest BCUT2D eigenvalue weighted by Gasteiger charge is 2.45. The van der Waals surface area contributed by atoms with E-state index in [1.807, 2.05) is 0 Å². The molecule has 0 saturated carbocycles. The molecule has 0 amide bonds. The summed E-state index contributed by atoms with van der Waals surface area (Å²) < 4.78 is 21.6. The number of nitrogen functional groups attached to an aromatic ring is 1. The van der Waals surface area contributed by atoms with Gasteiger partial charge in [0.25, 0.3) is 5.56 Å². The standard InChI is InChI=1S/C10H14N5O8P/c11-10-13-7-4(8(18)14-10)12-2-15(7)9-6(17)5(16)3(23-9)1-22-24(19,20)21/h2-3,5-6,9,16-17H,1H2,(H2,19,20,21)(H3,11,13,14,18)/t3-,5+,6-,9+/m0/s1. The first kappa shape index (κ1) is 17.0. The minimum absolute atomic E-state index is 0.0176. The van der Waals surface area contributed by atoms with Gasteiger partial charge in [-0.05, 0) is 0 Å². The van der Waals surface area contributed by atoms with Crippen molar-refractivity contribution in [3.05, 3.63) is 16.7 Å². The Hall–Kier alpha value is -1.86. The molecule has 2 aromatic rings. The number of phosphoric ester groups is 1. The summed E-state index contributed by atoms with van der Waals surface area (Å²) in [4.78, 5) is 39.1. The summed E-state index contributed by atoms with van der Waals surface area (Å²) in [7, 11) is -4.76. The molecule has 132 valence electrons. The lowest BCUT2D eigenvalue weighted by atomic mass is 10.1. The number of hydrogen-bond donors (Lipinski definition) is 6. The molecule has 1 fully saturated rings. The van der Waals surface area contributed by atoms with Crippen molar-refractivity contribution in [3.8, 4) is 0 Å². The van der Waals surface area contributed by atoms with Gasteiger partial charge in [-0.15, -0.1) is 0 Å². The van der Waals surface area contributed by atoms with Crippen LogP contribution in [0.4, 0.5) is 5.95 Å². The normalized spacial score (nSPS) is 27.8. The number of rotatable bonds is 4. The van der Waals surface area contributed by atoms with Crippen molar-refractivity contribution in [3.63, 3.8) is 0 Å². The first-order valence-electron chi connectivity index (χ1n) is 6.61. The molecule has 0 aromatic carbocycles. The van der Waals surface area contributed by atoms with E-state index in [1.54, 1.807) is 0 Å². The van der Waals surface area contributed by atoms with Gasteiger partial charge < -0.3 is 30.5 Å². The van der Waals surface area contributed by atoms with Crippen LogP contribution in [0.15, 0.2) is 11.1 Å². The summed E-state index contributed by atoms with van der Waals surface area (Å²) in [6.07, 6.45) is -4.22. The number of hydrogen-bond acceptors (Lipinski definition) is 9. The molecular weight excluding hydrogens is 349 g/mol. The molecule has 2 aromatic heterocycles. The molecule has 13 nitrogen and oxygen atoms in total.